The highest BCUT2D eigenvalue weighted by atomic mass is 32.1. The number of nitrogens with zero attached hydrogens (tertiary/aromatic N) is 2. The highest BCUT2D eigenvalue weighted by molar-refractivity contribution is 7.17. The third kappa shape index (κ3) is 3.65. The molecule has 4 nitrogen and oxygen atoms in total. The maximum absolute atomic E-state index is 13.5. The van der Waals surface area contributed by atoms with Gasteiger partial charge in [0.05, 0.1) is 22.7 Å². The van der Waals surface area contributed by atoms with Crippen molar-refractivity contribution in [3.63, 3.8) is 0 Å². The Morgan fingerprint density at radius 3 is 2.64 bits per heavy atom. The fourth-order valence-corrected chi connectivity index (χ4v) is 3.17. The zero-order valence-electron chi connectivity index (χ0n) is 13.2. The first-order valence-corrected chi connectivity index (χ1v) is 8.16. The highest BCUT2D eigenvalue weighted by Crippen LogP contribution is 2.41. The van der Waals surface area contributed by atoms with Crippen LogP contribution in [0.5, 0.6) is 5.75 Å². The Kier molecular flexibility index (Phi) is 4.51. The quantitative estimate of drug-likeness (QED) is 0.626. The molecule has 0 fully saturated rings. The third-order valence-electron chi connectivity index (χ3n) is 3.24. The topological polar surface area (TPSA) is 47.0 Å². The van der Waals surface area contributed by atoms with Crippen LogP contribution in [0.1, 0.15) is 19.4 Å². The Bertz CT molecular complexity index is 908. The maximum Gasteiger partial charge on any atom is 0.418 e. The Morgan fingerprint density at radius 2 is 1.96 bits per heavy atom. The van der Waals surface area contributed by atoms with E-state index in [4.69, 9.17) is 4.74 Å². The molecule has 0 aliphatic carbocycles. The van der Waals surface area contributed by atoms with Crippen molar-refractivity contribution in [3.05, 3.63) is 41.3 Å². The number of nitrogens with one attached hydrogen (secondary N) is 1. The van der Waals surface area contributed by atoms with Crippen LogP contribution in [0.25, 0.3) is 10.2 Å². The van der Waals surface area contributed by atoms with Gasteiger partial charge >= 0.3 is 6.18 Å². The number of halogens is 4. The number of thiophene rings is 1. The van der Waals surface area contributed by atoms with Gasteiger partial charge in [-0.2, -0.15) is 13.2 Å². The van der Waals surface area contributed by atoms with Crippen LogP contribution in [0.15, 0.2) is 29.9 Å². The number of hydrogen-bond acceptors (Lipinski definition) is 5. The highest BCUT2D eigenvalue weighted by Gasteiger charge is 2.35. The minimum absolute atomic E-state index is 0.0150. The van der Waals surface area contributed by atoms with E-state index in [-0.39, 0.29) is 27.9 Å². The lowest BCUT2D eigenvalue weighted by Gasteiger charge is -2.16. The molecule has 0 amide bonds. The molecule has 0 unspecified atom stereocenters. The minimum Gasteiger partial charge on any atom is -0.489 e. The predicted molar refractivity (Wildman–Crippen MR) is 87.9 cm³/mol. The molecule has 0 radical (unpaired) electrons. The number of ether oxygens (including phenoxy) is 1. The number of alkyl halides is 3. The van der Waals surface area contributed by atoms with Crippen LogP contribution < -0.4 is 10.1 Å². The molecule has 0 aliphatic rings. The van der Waals surface area contributed by atoms with Crippen molar-refractivity contribution in [1.29, 1.82) is 0 Å². The first kappa shape index (κ1) is 17.4. The van der Waals surface area contributed by atoms with Gasteiger partial charge in [-0.05, 0) is 26.0 Å². The molecular formula is C16H13F4N3OS. The van der Waals surface area contributed by atoms with Gasteiger partial charge in [-0.3, -0.25) is 0 Å². The molecule has 0 spiro atoms. The molecule has 9 heteroatoms. The Morgan fingerprint density at radius 1 is 1.20 bits per heavy atom. The number of fused-ring (bicyclic) bond motifs is 1. The summed E-state index contributed by atoms with van der Waals surface area (Å²) in [5, 5.41) is 3.69. The van der Waals surface area contributed by atoms with Crippen molar-refractivity contribution in [3.8, 4) is 5.75 Å². The van der Waals surface area contributed by atoms with Crippen molar-refractivity contribution in [2.24, 2.45) is 0 Å². The summed E-state index contributed by atoms with van der Waals surface area (Å²) >= 11 is 0.880. The SMILES string of the molecule is CC(C)Oc1cc(F)ccc1Nc1ncnc2scc(C(F)(F)F)c12. The van der Waals surface area contributed by atoms with Crippen LogP contribution in [0.4, 0.5) is 29.1 Å². The molecule has 1 N–H and O–H groups in total. The van der Waals surface area contributed by atoms with Crippen LogP contribution in [-0.4, -0.2) is 16.1 Å². The van der Waals surface area contributed by atoms with E-state index in [2.05, 4.69) is 15.3 Å². The molecule has 2 heterocycles. The maximum atomic E-state index is 13.5. The summed E-state index contributed by atoms with van der Waals surface area (Å²) < 4.78 is 58.7. The smallest absolute Gasteiger partial charge is 0.418 e. The number of benzene rings is 1. The van der Waals surface area contributed by atoms with Gasteiger partial charge in [-0.1, -0.05) is 0 Å². The fourth-order valence-electron chi connectivity index (χ4n) is 2.26. The van der Waals surface area contributed by atoms with E-state index >= 15 is 0 Å². The summed E-state index contributed by atoms with van der Waals surface area (Å²) in [4.78, 5) is 8.01. The average molecular weight is 371 g/mol. The largest absolute Gasteiger partial charge is 0.489 e. The summed E-state index contributed by atoms with van der Waals surface area (Å²) in [6.07, 6.45) is -3.59. The van der Waals surface area contributed by atoms with Crippen LogP contribution in [0, 0.1) is 5.82 Å². The molecule has 1 aromatic carbocycles. The Labute approximate surface area is 144 Å². The van der Waals surface area contributed by atoms with E-state index in [0.29, 0.717) is 5.69 Å². The van der Waals surface area contributed by atoms with Gasteiger partial charge in [-0.25, -0.2) is 14.4 Å². The summed E-state index contributed by atoms with van der Waals surface area (Å²) in [5.41, 5.74) is -0.501. The Hall–Kier alpha value is -2.42. The van der Waals surface area contributed by atoms with E-state index in [1.54, 1.807) is 13.8 Å². The predicted octanol–water partition coefficient (Wildman–Crippen LogP) is 5.38. The molecule has 0 atom stereocenters. The molecule has 0 aliphatic heterocycles. The van der Waals surface area contributed by atoms with E-state index in [0.717, 1.165) is 16.7 Å². The monoisotopic (exact) mass is 371 g/mol. The van der Waals surface area contributed by atoms with Crippen LogP contribution in [-0.2, 0) is 6.18 Å². The first-order chi connectivity index (χ1) is 11.8. The molecule has 0 saturated heterocycles. The lowest BCUT2D eigenvalue weighted by molar-refractivity contribution is -0.136. The molecule has 132 valence electrons. The van der Waals surface area contributed by atoms with E-state index in [1.165, 1.54) is 24.5 Å². The lowest BCUT2D eigenvalue weighted by atomic mass is 10.2. The van der Waals surface area contributed by atoms with Gasteiger partial charge in [0.1, 0.15) is 28.5 Å². The summed E-state index contributed by atoms with van der Waals surface area (Å²) in [6, 6.07) is 3.74. The number of aromatic nitrogens is 2. The second kappa shape index (κ2) is 6.47. The van der Waals surface area contributed by atoms with Crippen LogP contribution >= 0.6 is 11.3 Å². The average Bonchev–Trinajstić information content (AvgIpc) is 2.94. The van der Waals surface area contributed by atoms with Gasteiger partial charge in [0.15, 0.2) is 0 Å². The number of anilines is 2. The fraction of sp³-hybridized carbons (Fsp3) is 0.250. The van der Waals surface area contributed by atoms with Gasteiger partial charge in [-0.15, -0.1) is 11.3 Å². The molecule has 25 heavy (non-hydrogen) atoms. The lowest BCUT2D eigenvalue weighted by Crippen LogP contribution is -2.09. The van der Waals surface area contributed by atoms with Crippen molar-refractivity contribution >= 4 is 33.1 Å². The van der Waals surface area contributed by atoms with Crippen LogP contribution in [0.3, 0.4) is 0 Å². The number of rotatable bonds is 4. The first-order valence-electron chi connectivity index (χ1n) is 7.28. The van der Waals surface area contributed by atoms with Gasteiger partial charge < -0.3 is 10.1 Å². The van der Waals surface area contributed by atoms with E-state index in [1.807, 2.05) is 0 Å². The summed E-state index contributed by atoms with van der Waals surface area (Å²) in [5.74, 6) is -0.343. The van der Waals surface area contributed by atoms with Crippen molar-refractivity contribution < 1.29 is 22.3 Å². The second-order valence-corrected chi connectivity index (χ2v) is 6.34. The molecule has 2 aromatic heterocycles. The third-order valence-corrected chi connectivity index (χ3v) is 4.12. The molecule has 0 bridgehead atoms. The Balaban J connectivity index is 2.09. The van der Waals surface area contributed by atoms with Gasteiger partial charge in [0.25, 0.3) is 0 Å². The molecular weight excluding hydrogens is 358 g/mol. The van der Waals surface area contributed by atoms with Gasteiger partial charge in [0.2, 0.25) is 0 Å². The molecule has 3 aromatic rings. The zero-order valence-corrected chi connectivity index (χ0v) is 14.0. The number of hydrogen-bond donors (Lipinski definition) is 1. The standard InChI is InChI=1S/C16H13F4N3OS/c1-8(2)24-12-5-9(17)3-4-11(12)23-14-13-10(16(18,19)20)6-25-15(13)22-7-21-14/h3-8H,1-2H3,(H,21,22,23). The summed E-state index contributed by atoms with van der Waals surface area (Å²) in [6.45, 7) is 3.52. The van der Waals surface area contributed by atoms with Crippen molar-refractivity contribution in [1.82, 2.24) is 9.97 Å². The van der Waals surface area contributed by atoms with E-state index < -0.39 is 17.6 Å². The van der Waals surface area contributed by atoms with Crippen LogP contribution in [0.2, 0.25) is 0 Å². The van der Waals surface area contributed by atoms with Gasteiger partial charge in [0, 0.05) is 11.4 Å². The summed E-state index contributed by atoms with van der Waals surface area (Å²) in [7, 11) is 0. The molecule has 3 rings (SSSR count). The zero-order chi connectivity index (χ0) is 18.2. The van der Waals surface area contributed by atoms with E-state index in [9.17, 15) is 17.6 Å². The molecule has 0 saturated carbocycles. The van der Waals surface area contributed by atoms with Crippen molar-refractivity contribution in [2.75, 3.05) is 5.32 Å². The second-order valence-electron chi connectivity index (χ2n) is 5.48. The minimum atomic E-state index is -4.53. The normalized spacial score (nSPS) is 12.0. The van der Waals surface area contributed by atoms with Crippen molar-refractivity contribution in [2.45, 2.75) is 26.1 Å².